The largest absolute Gasteiger partial charge is 0.462 e. The topological polar surface area (TPSA) is 46.5 Å². The number of aliphatic hydroxyl groups is 1. The maximum absolute atomic E-state index is 11.6. The summed E-state index contributed by atoms with van der Waals surface area (Å²) in [6.07, 6.45) is 11.0. The first-order valence-corrected chi connectivity index (χ1v) is 10.2. The predicted molar refractivity (Wildman–Crippen MR) is 97.8 cm³/mol. The Labute approximate surface area is 152 Å². The van der Waals surface area contributed by atoms with E-state index in [1.165, 1.54) is 44.1 Å². The number of ether oxygens (including phenoxy) is 1. The van der Waals surface area contributed by atoms with E-state index < -0.39 is 0 Å². The van der Waals surface area contributed by atoms with Crippen LogP contribution in [-0.4, -0.2) is 23.8 Å². The molecule has 3 heteroatoms. The summed E-state index contributed by atoms with van der Waals surface area (Å²) in [5.41, 5.74) is 2.01. The van der Waals surface area contributed by atoms with Crippen LogP contribution in [0.25, 0.3) is 0 Å². The second-order valence-electron chi connectivity index (χ2n) is 10.2. The molecule has 0 aromatic carbocycles. The van der Waals surface area contributed by atoms with Crippen molar-refractivity contribution in [3.05, 3.63) is 11.6 Å². The summed E-state index contributed by atoms with van der Waals surface area (Å²) in [4.78, 5) is 11.6. The molecule has 4 aliphatic carbocycles. The molecule has 3 fully saturated rings. The second kappa shape index (κ2) is 5.58. The number of allylic oxidation sites excluding steroid dienone is 1. The molecule has 2 bridgehead atoms. The molecule has 0 saturated heterocycles. The molecule has 3 saturated carbocycles. The van der Waals surface area contributed by atoms with Gasteiger partial charge in [-0.15, -0.1) is 0 Å². The van der Waals surface area contributed by atoms with Crippen LogP contribution in [0.5, 0.6) is 0 Å². The van der Waals surface area contributed by atoms with Crippen molar-refractivity contribution in [2.24, 2.45) is 34.0 Å². The van der Waals surface area contributed by atoms with E-state index in [0.717, 1.165) is 12.3 Å². The first-order valence-electron chi connectivity index (χ1n) is 10.2. The molecule has 1 spiro atoms. The van der Waals surface area contributed by atoms with E-state index in [1.807, 2.05) is 0 Å². The van der Waals surface area contributed by atoms with E-state index in [-0.39, 0.29) is 24.1 Å². The highest BCUT2D eigenvalue weighted by Gasteiger charge is 2.64. The number of hydrogen-bond donors (Lipinski definition) is 1. The monoisotopic (exact) mass is 346 g/mol. The molecule has 4 aliphatic rings. The van der Waals surface area contributed by atoms with Gasteiger partial charge in [0, 0.05) is 12.3 Å². The minimum absolute atomic E-state index is 0.0409. The van der Waals surface area contributed by atoms with Gasteiger partial charge in [0.2, 0.25) is 0 Å². The highest BCUT2D eigenvalue weighted by Crippen LogP contribution is 2.70. The zero-order chi connectivity index (χ0) is 18.0. The minimum atomic E-state index is -0.138. The van der Waals surface area contributed by atoms with Crippen molar-refractivity contribution in [1.82, 2.24) is 0 Å². The van der Waals surface area contributed by atoms with Crippen molar-refractivity contribution in [2.45, 2.75) is 78.7 Å². The molecule has 0 aromatic heterocycles. The number of carbonyl (C=O) groups excluding carboxylic acids is 1. The summed E-state index contributed by atoms with van der Waals surface area (Å²) in [6.45, 7) is 8.98. The molecule has 0 unspecified atom stereocenters. The molecule has 3 nitrogen and oxygen atoms in total. The Balaban J connectivity index is 1.67. The summed E-state index contributed by atoms with van der Waals surface area (Å²) in [6, 6.07) is 0. The average molecular weight is 347 g/mol. The van der Waals surface area contributed by atoms with Gasteiger partial charge in [-0.25, -0.2) is 0 Å². The minimum Gasteiger partial charge on any atom is -0.462 e. The van der Waals surface area contributed by atoms with E-state index in [2.05, 4.69) is 26.8 Å². The van der Waals surface area contributed by atoms with Gasteiger partial charge in [0.15, 0.2) is 0 Å². The van der Waals surface area contributed by atoms with E-state index >= 15 is 0 Å². The summed E-state index contributed by atoms with van der Waals surface area (Å²) in [5.74, 6) is 1.82. The highest BCUT2D eigenvalue weighted by atomic mass is 16.5. The number of esters is 1. The van der Waals surface area contributed by atoms with Gasteiger partial charge in [-0.05, 0) is 79.1 Å². The van der Waals surface area contributed by atoms with E-state index in [0.29, 0.717) is 22.7 Å². The lowest BCUT2D eigenvalue weighted by Gasteiger charge is -2.64. The maximum atomic E-state index is 11.6. The Hall–Kier alpha value is -0.830. The van der Waals surface area contributed by atoms with Crippen molar-refractivity contribution in [2.75, 3.05) is 6.61 Å². The third-order valence-corrected chi connectivity index (χ3v) is 8.78. The number of aliphatic hydroxyl groups excluding tert-OH is 1. The van der Waals surface area contributed by atoms with Crippen LogP contribution in [-0.2, 0) is 9.53 Å². The van der Waals surface area contributed by atoms with Crippen LogP contribution >= 0.6 is 0 Å². The summed E-state index contributed by atoms with van der Waals surface area (Å²) < 4.78 is 5.75. The van der Waals surface area contributed by atoms with Gasteiger partial charge >= 0.3 is 5.97 Å². The first-order chi connectivity index (χ1) is 11.7. The molecule has 4 rings (SSSR count). The Morgan fingerprint density at radius 3 is 2.60 bits per heavy atom. The molecule has 25 heavy (non-hydrogen) atoms. The van der Waals surface area contributed by atoms with Gasteiger partial charge in [-0.1, -0.05) is 26.8 Å². The summed E-state index contributed by atoms with van der Waals surface area (Å²) in [7, 11) is 0. The fraction of sp³-hybridized carbons (Fsp3) is 0.864. The lowest BCUT2D eigenvalue weighted by molar-refractivity contribution is -0.192. The SMILES string of the molecule is CC(=O)O[C@@H]1CC[C@]2(C)[C@H](CC[C@]34C=C(CO)[C@H](CC[C@H]32)C4)C1(C)C. The molecule has 6 atom stereocenters. The third kappa shape index (κ3) is 2.37. The fourth-order valence-corrected chi connectivity index (χ4v) is 7.84. The van der Waals surface area contributed by atoms with Crippen molar-refractivity contribution in [3.8, 4) is 0 Å². The maximum Gasteiger partial charge on any atom is 0.302 e. The first kappa shape index (κ1) is 17.6. The molecular weight excluding hydrogens is 312 g/mol. The Morgan fingerprint density at radius 1 is 1.16 bits per heavy atom. The fourth-order valence-electron chi connectivity index (χ4n) is 7.84. The van der Waals surface area contributed by atoms with E-state index in [9.17, 15) is 9.90 Å². The summed E-state index contributed by atoms with van der Waals surface area (Å²) >= 11 is 0. The van der Waals surface area contributed by atoms with Crippen LogP contribution in [0, 0.1) is 34.0 Å². The lowest BCUT2D eigenvalue weighted by Crippen LogP contribution is -2.59. The van der Waals surface area contributed by atoms with Gasteiger partial charge in [-0.3, -0.25) is 4.79 Å². The van der Waals surface area contributed by atoms with Crippen LogP contribution in [0.1, 0.15) is 72.6 Å². The molecule has 1 N–H and O–H groups in total. The van der Waals surface area contributed by atoms with E-state index in [4.69, 9.17) is 4.74 Å². The molecule has 0 radical (unpaired) electrons. The number of rotatable bonds is 2. The molecule has 0 aromatic rings. The van der Waals surface area contributed by atoms with Crippen molar-refractivity contribution in [3.63, 3.8) is 0 Å². The molecular formula is C22H34O3. The van der Waals surface area contributed by atoms with Gasteiger partial charge < -0.3 is 9.84 Å². The normalized spacial score (nSPS) is 47.5. The Kier molecular flexibility index (Phi) is 3.92. The molecule has 0 heterocycles. The number of hydrogen-bond acceptors (Lipinski definition) is 3. The predicted octanol–water partition coefficient (Wildman–Crippen LogP) is 4.49. The lowest BCUT2D eigenvalue weighted by atomic mass is 9.41. The zero-order valence-electron chi connectivity index (χ0n) is 16.3. The number of carbonyl (C=O) groups is 1. The highest BCUT2D eigenvalue weighted by molar-refractivity contribution is 5.66. The summed E-state index contributed by atoms with van der Waals surface area (Å²) in [5, 5.41) is 9.78. The second-order valence-corrected chi connectivity index (χ2v) is 10.2. The van der Waals surface area contributed by atoms with Crippen LogP contribution in [0.15, 0.2) is 11.6 Å². The van der Waals surface area contributed by atoms with Crippen molar-refractivity contribution in [1.29, 1.82) is 0 Å². The van der Waals surface area contributed by atoms with Crippen molar-refractivity contribution < 1.29 is 14.6 Å². The Bertz CT molecular complexity index is 606. The van der Waals surface area contributed by atoms with E-state index in [1.54, 1.807) is 6.92 Å². The third-order valence-electron chi connectivity index (χ3n) is 8.78. The Morgan fingerprint density at radius 2 is 1.92 bits per heavy atom. The standard InChI is InChI=1S/C22H34O3/c1-14(24)25-19-8-9-21(4)17(20(19,2)3)7-10-22-11-15(5-6-18(21)22)16(12-22)13-23/h12,15,17-19,23H,5-11,13H2,1-4H3/t15-,17-,18+,19-,21-,22+/m1/s1. The molecule has 0 amide bonds. The van der Waals surface area contributed by atoms with Gasteiger partial charge in [-0.2, -0.15) is 0 Å². The van der Waals surface area contributed by atoms with Gasteiger partial charge in [0.25, 0.3) is 0 Å². The van der Waals surface area contributed by atoms with Crippen LogP contribution < -0.4 is 0 Å². The molecule has 140 valence electrons. The van der Waals surface area contributed by atoms with Crippen LogP contribution in [0.3, 0.4) is 0 Å². The molecule has 0 aliphatic heterocycles. The van der Waals surface area contributed by atoms with Gasteiger partial charge in [0.05, 0.1) is 6.61 Å². The quantitative estimate of drug-likeness (QED) is 0.592. The average Bonchev–Trinajstić information content (AvgIpc) is 2.80. The smallest absolute Gasteiger partial charge is 0.302 e. The van der Waals surface area contributed by atoms with Crippen LogP contribution in [0.2, 0.25) is 0 Å². The van der Waals surface area contributed by atoms with Crippen LogP contribution in [0.4, 0.5) is 0 Å². The number of fused-ring (bicyclic) bond motifs is 3. The zero-order valence-corrected chi connectivity index (χ0v) is 16.3. The van der Waals surface area contributed by atoms with Gasteiger partial charge in [0.1, 0.15) is 6.10 Å². The van der Waals surface area contributed by atoms with Crippen molar-refractivity contribution >= 4 is 5.97 Å².